The molecule has 156 valence electrons. The van der Waals surface area contributed by atoms with E-state index in [0.29, 0.717) is 10.7 Å². The Hall–Kier alpha value is -4.04. The van der Waals surface area contributed by atoms with Gasteiger partial charge in [-0.15, -0.1) is 0 Å². The van der Waals surface area contributed by atoms with Crippen molar-refractivity contribution in [3.05, 3.63) is 100 Å². The summed E-state index contributed by atoms with van der Waals surface area (Å²) in [5.74, 6) is -2.44. The van der Waals surface area contributed by atoms with Crippen LogP contribution in [0.15, 0.2) is 77.8 Å². The molecule has 0 atom stereocenters. The maximum absolute atomic E-state index is 13.1. The van der Waals surface area contributed by atoms with Gasteiger partial charge in [0.2, 0.25) is 11.9 Å². The summed E-state index contributed by atoms with van der Waals surface area (Å²) in [6, 6.07) is 17.0. The molecule has 3 aromatic rings. The first-order chi connectivity index (χ1) is 14.8. The van der Waals surface area contributed by atoms with Crippen LogP contribution in [-0.2, 0) is 0 Å². The smallest absolute Gasteiger partial charge is 0.258 e. The number of hydrogen-bond donors (Lipinski definition) is 3. The highest BCUT2D eigenvalue weighted by molar-refractivity contribution is 6.31. The van der Waals surface area contributed by atoms with Gasteiger partial charge in [0.15, 0.2) is 0 Å². The predicted molar refractivity (Wildman–Crippen MR) is 115 cm³/mol. The zero-order valence-corrected chi connectivity index (χ0v) is 16.7. The standard InChI is InChI=1S/C22H16ClFN4O3/c23-16-3-1-2-15(12-16)21(31)28-22(26-18-10-6-13(7-11-18)19(25)29)27-20(30)14-4-8-17(24)9-5-14/h1-12H,(H2,25,29)(H2,26,27,28,30,31). The number of nitrogens with zero attached hydrogens (tertiary/aromatic N) is 1. The third-order valence-electron chi connectivity index (χ3n) is 4.05. The molecule has 0 spiro atoms. The molecule has 0 fully saturated rings. The minimum Gasteiger partial charge on any atom is -0.366 e. The minimum absolute atomic E-state index is 0.162. The van der Waals surface area contributed by atoms with Crippen LogP contribution in [0.1, 0.15) is 31.1 Å². The third kappa shape index (κ3) is 5.97. The highest BCUT2D eigenvalue weighted by atomic mass is 35.5. The van der Waals surface area contributed by atoms with Crippen LogP contribution in [0.25, 0.3) is 0 Å². The van der Waals surface area contributed by atoms with E-state index in [0.717, 1.165) is 12.1 Å². The van der Waals surface area contributed by atoms with Crippen LogP contribution in [0.4, 0.5) is 10.1 Å². The first-order valence-electron chi connectivity index (χ1n) is 8.94. The second-order valence-electron chi connectivity index (χ2n) is 6.30. The number of guanidine groups is 1. The Labute approximate surface area is 181 Å². The van der Waals surface area contributed by atoms with Crippen LogP contribution < -0.4 is 16.4 Å². The Morgan fingerprint density at radius 2 is 1.39 bits per heavy atom. The zero-order valence-electron chi connectivity index (χ0n) is 15.9. The number of benzene rings is 3. The lowest BCUT2D eigenvalue weighted by Gasteiger charge is -2.11. The molecule has 0 radical (unpaired) electrons. The summed E-state index contributed by atoms with van der Waals surface area (Å²) in [5, 5.41) is 5.36. The number of amides is 3. The maximum atomic E-state index is 13.1. The first-order valence-corrected chi connectivity index (χ1v) is 9.32. The molecule has 3 rings (SSSR count). The van der Waals surface area contributed by atoms with Crippen molar-refractivity contribution in [1.29, 1.82) is 0 Å². The fraction of sp³-hybridized carbons (Fsp3) is 0. The zero-order chi connectivity index (χ0) is 22.4. The van der Waals surface area contributed by atoms with E-state index >= 15 is 0 Å². The van der Waals surface area contributed by atoms with Crippen LogP contribution >= 0.6 is 11.6 Å². The van der Waals surface area contributed by atoms with E-state index < -0.39 is 23.5 Å². The topological polar surface area (TPSA) is 114 Å². The van der Waals surface area contributed by atoms with E-state index in [-0.39, 0.29) is 22.6 Å². The monoisotopic (exact) mass is 438 g/mol. The summed E-state index contributed by atoms with van der Waals surface area (Å²) in [4.78, 5) is 40.6. The Morgan fingerprint density at radius 1 is 0.806 bits per heavy atom. The number of nitrogens with two attached hydrogens (primary N) is 1. The number of rotatable bonds is 4. The van der Waals surface area contributed by atoms with E-state index in [1.807, 2.05) is 0 Å². The molecule has 0 saturated carbocycles. The molecule has 4 N–H and O–H groups in total. The normalized spacial score (nSPS) is 11.0. The van der Waals surface area contributed by atoms with Crippen molar-refractivity contribution in [2.24, 2.45) is 10.7 Å². The molecule has 0 heterocycles. The van der Waals surface area contributed by atoms with Crippen LogP contribution in [0, 0.1) is 5.82 Å². The lowest BCUT2D eigenvalue weighted by atomic mass is 10.2. The number of halogens is 2. The number of hydrogen-bond acceptors (Lipinski definition) is 4. The van der Waals surface area contributed by atoms with E-state index in [1.54, 1.807) is 18.2 Å². The van der Waals surface area contributed by atoms with Gasteiger partial charge in [0.05, 0.1) is 5.69 Å². The van der Waals surface area contributed by atoms with E-state index in [1.165, 1.54) is 42.5 Å². The van der Waals surface area contributed by atoms with Crippen LogP contribution in [0.3, 0.4) is 0 Å². The highest BCUT2D eigenvalue weighted by Crippen LogP contribution is 2.14. The molecule has 9 heteroatoms. The summed E-state index contributed by atoms with van der Waals surface area (Å²) in [6.45, 7) is 0. The number of nitrogens with one attached hydrogen (secondary N) is 2. The number of aliphatic imine (C=N–C) groups is 1. The maximum Gasteiger partial charge on any atom is 0.258 e. The van der Waals surface area contributed by atoms with E-state index in [2.05, 4.69) is 15.6 Å². The molecule has 31 heavy (non-hydrogen) atoms. The van der Waals surface area contributed by atoms with Crippen LogP contribution in [0.2, 0.25) is 5.02 Å². The molecule has 0 aliphatic heterocycles. The van der Waals surface area contributed by atoms with Crippen molar-refractivity contribution >= 4 is 41.0 Å². The largest absolute Gasteiger partial charge is 0.366 e. The van der Waals surface area contributed by atoms with Crippen molar-refractivity contribution in [1.82, 2.24) is 10.6 Å². The van der Waals surface area contributed by atoms with Crippen LogP contribution in [0.5, 0.6) is 0 Å². The summed E-state index contributed by atoms with van der Waals surface area (Å²) in [5.41, 5.74) is 6.25. The molecule has 0 saturated heterocycles. The van der Waals surface area contributed by atoms with Gasteiger partial charge >= 0.3 is 0 Å². The van der Waals surface area contributed by atoms with Crippen LogP contribution in [-0.4, -0.2) is 23.7 Å². The van der Waals surface area contributed by atoms with Crippen molar-refractivity contribution in [3.63, 3.8) is 0 Å². The fourth-order valence-corrected chi connectivity index (χ4v) is 2.70. The first kappa shape index (κ1) is 21.7. The summed E-state index contributed by atoms with van der Waals surface area (Å²) >= 11 is 5.92. The molecule has 3 aromatic carbocycles. The van der Waals surface area contributed by atoms with Crippen molar-refractivity contribution in [2.75, 3.05) is 0 Å². The van der Waals surface area contributed by atoms with E-state index in [9.17, 15) is 18.8 Å². The molecular weight excluding hydrogens is 423 g/mol. The second-order valence-corrected chi connectivity index (χ2v) is 6.73. The van der Waals surface area contributed by atoms with Gasteiger partial charge in [-0.2, -0.15) is 0 Å². The second kappa shape index (κ2) is 9.64. The molecule has 0 aromatic heterocycles. The molecule has 3 amide bonds. The van der Waals surface area contributed by atoms with Gasteiger partial charge in [-0.05, 0) is 66.7 Å². The van der Waals surface area contributed by atoms with Crippen molar-refractivity contribution < 1.29 is 18.8 Å². The van der Waals surface area contributed by atoms with Gasteiger partial charge in [-0.3, -0.25) is 25.0 Å². The van der Waals surface area contributed by atoms with Crippen molar-refractivity contribution in [2.45, 2.75) is 0 Å². The van der Waals surface area contributed by atoms with Gasteiger partial charge in [-0.25, -0.2) is 9.38 Å². The predicted octanol–water partition coefficient (Wildman–Crippen LogP) is 3.43. The van der Waals surface area contributed by atoms with Gasteiger partial charge in [0, 0.05) is 21.7 Å². The molecule has 0 aliphatic rings. The average Bonchev–Trinajstić information content (AvgIpc) is 2.74. The number of carbonyl (C=O) groups excluding carboxylic acids is 3. The lowest BCUT2D eigenvalue weighted by Crippen LogP contribution is -2.43. The quantitative estimate of drug-likeness (QED) is 0.428. The SMILES string of the molecule is NC(=O)c1ccc(N=C(NC(=O)c2ccc(F)cc2)NC(=O)c2cccc(Cl)c2)cc1. The molecule has 7 nitrogen and oxygen atoms in total. The Morgan fingerprint density at radius 3 is 1.97 bits per heavy atom. The molecule has 0 unspecified atom stereocenters. The molecule has 0 aliphatic carbocycles. The van der Waals surface area contributed by atoms with Crippen molar-refractivity contribution in [3.8, 4) is 0 Å². The Kier molecular flexibility index (Phi) is 6.74. The minimum atomic E-state index is -0.612. The molecule has 0 bridgehead atoms. The van der Waals surface area contributed by atoms with Gasteiger partial charge in [0.1, 0.15) is 5.82 Å². The van der Waals surface area contributed by atoms with E-state index in [4.69, 9.17) is 17.3 Å². The van der Waals surface area contributed by atoms with Gasteiger partial charge in [0.25, 0.3) is 11.8 Å². The summed E-state index contributed by atoms with van der Waals surface area (Å²) in [7, 11) is 0. The number of carbonyl (C=O) groups is 3. The average molecular weight is 439 g/mol. The fourth-order valence-electron chi connectivity index (χ4n) is 2.51. The Bertz CT molecular complexity index is 1160. The highest BCUT2D eigenvalue weighted by Gasteiger charge is 2.14. The lowest BCUT2D eigenvalue weighted by molar-refractivity contribution is 0.0963. The summed E-state index contributed by atoms with van der Waals surface area (Å²) in [6.07, 6.45) is 0. The summed E-state index contributed by atoms with van der Waals surface area (Å²) < 4.78 is 13.1. The number of primary amides is 1. The Balaban J connectivity index is 1.88. The van der Waals surface area contributed by atoms with Gasteiger partial charge < -0.3 is 5.73 Å². The third-order valence-corrected chi connectivity index (χ3v) is 4.28. The van der Waals surface area contributed by atoms with Gasteiger partial charge in [-0.1, -0.05) is 17.7 Å². The molecular formula is C22H16ClFN4O3.